The third-order valence-electron chi connectivity index (χ3n) is 9.30. The van der Waals surface area contributed by atoms with E-state index in [0.717, 1.165) is 17.7 Å². The number of likely N-dealkylation sites (tertiary alicyclic amines) is 1. The number of rotatable bonds is 10. The Hall–Kier alpha value is -4.99. The van der Waals surface area contributed by atoms with Crippen LogP contribution in [0.4, 0.5) is 28.0 Å². The molecule has 2 aliphatic heterocycles. The molecule has 5 heterocycles. The van der Waals surface area contributed by atoms with E-state index in [1.807, 2.05) is 0 Å². The number of hydrogen-bond acceptors (Lipinski definition) is 8. The highest BCUT2D eigenvalue weighted by Crippen LogP contribution is 2.45. The highest BCUT2D eigenvalue weighted by atomic mass is 35.5. The van der Waals surface area contributed by atoms with Crippen LogP contribution in [0.2, 0.25) is 5.02 Å². The maximum absolute atomic E-state index is 15.1. The first-order chi connectivity index (χ1) is 24.4. The van der Waals surface area contributed by atoms with Crippen LogP contribution in [0.25, 0.3) is 22.2 Å². The zero-order valence-corrected chi connectivity index (χ0v) is 27.8. The monoisotopic (exact) mass is 729 g/mol. The normalized spacial score (nSPS) is 17.5. The molecule has 0 spiro atoms. The predicted molar refractivity (Wildman–Crippen MR) is 176 cm³/mol. The maximum atomic E-state index is 15.1. The van der Waals surface area contributed by atoms with Crippen LogP contribution < -0.4 is 15.4 Å². The van der Waals surface area contributed by atoms with Crippen molar-refractivity contribution in [1.29, 1.82) is 0 Å². The summed E-state index contributed by atoms with van der Waals surface area (Å²) in [6.45, 7) is -0.197. The van der Waals surface area contributed by atoms with Gasteiger partial charge in [0.2, 0.25) is 0 Å². The van der Waals surface area contributed by atoms with Gasteiger partial charge in [0.05, 0.1) is 40.4 Å². The Bertz CT molecular complexity index is 2000. The minimum atomic E-state index is -4.19. The van der Waals surface area contributed by atoms with Crippen molar-refractivity contribution in [3.8, 4) is 16.9 Å². The van der Waals surface area contributed by atoms with Crippen LogP contribution in [-0.4, -0.2) is 74.8 Å². The van der Waals surface area contributed by atoms with E-state index in [2.05, 4.69) is 14.8 Å². The topological polar surface area (TPSA) is 146 Å². The van der Waals surface area contributed by atoms with Crippen LogP contribution >= 0.6 is 11.6 Å². The molecule has 0 radical (unpaired) electrons. The number of carbonyl (C=O) groups is 3. The van der Waals surface area contributed by atoms with Crippen molar-refractivity contribution in [2.24, 2.45) is 17.6 Å². The summed E-state index contributed by atoms with van der Waals surface area (Å²) in [7, 11) is 0. The van der Waals surface area contributed by atoms with Crippen molar-refractivity contribution < 1.29 is 41.4 Å². The molecule has 0 unspecified atom stereocenters. The van der Waals surface area contributed by atoms with Gasteiger partial charge in [0.15, 0.2) is 18.0 Å². The highest BCUT2D eigenvalue weighted by molar-refractivity contribution is 6.30. The molecule has 1 saturated carbocycles. The van der Waals surface area contributed by atoms with Crippen molar-refractivity contribution in [2.75, 3.05) is 24.6 Å². The van der Waals surface area contributed by atoms with Crippen molar-refractivity contribution in [2.45, 2.75) is 57.7 Å². The van der Waals surface area contributed by atoms with E-state index in [-0.39, 0.29) is 29.5 Å². The minimum Gasteiger partial charge on any atom is -0.443 e. The molecule has 2 fully saturated rings. The first-order valence-corrected chi connectivity index (χ1v) is 16.8. The lowest BCUT2D eigenvalue weighted by atomic mass is 9.93. The number of pyridine rings is 2. The summed E-state index contributed by atoms with van der Waals surface area (Å²) in [5, 5.41) is 5.39. The number of nitrogens with zero attached hydrogens (tertiary/aromatic N) is 6. The molecular weight excluding hydrogens is 698 g/mol. The van der Waals surface area contributed by atoms with Gasteiger partial charge in [0, 0.05) is 36.8 Å². The van der Waals surface area contributed by atoms with Gasteiger partial charge in [0.25, 0.3) is 12.3 Å². The number of hydrogen-bond donors (Lipinski definition) is 1. The fraction of sp³-hybridized carbons (Fsp3) is 0.412. The molecule has 0 bridgehead atoms. The summed E-state index contributed by atoms with van der Waals surface area (Å²) in [6.07, 6.45) is -1.32. The molecule has 1 aromatic carbocycles. The van der Waals surface area contributed by atoms with Gasteiger partial charge < -0.3 is 20.1 Å². The Morgan fingerprint density at radius 3 is 2.51 bits per heavy atom. The summed E-state index contributed by atoms with van der Waals surface area (Å²) in [4.78, 5) is 49.4. The number of nitrogens with two attached hydrogens (primary N) is 1. The predicted octanol–water partition coefficient (Wildman–Crippen LogP) is 5.83. The van der Waals surface area contributed by atoms with Crippen LogP contribution in [0.15, 0.2) is 42.7 Å². The molecule has 3 aromatic heterocycles. The number of benzene rings is 1. The third kappa shape index (κ3) is 7.14. The van der Waals surface area contributed by atoms with Gasteiger partial charge in [-0.1, -0.05) is 17.7 Å². The number of halogens is 5. The molecule has 3 amide bonds. The van der Waals surface area contributed by atoms with Gasteiger partial charge in [-0.3, -0.25) is 19.5 Å². The lowest BCUT2D eigenvalue weighted by Gasteiger charge is -2.33. The lowest BCUT2D eigenvalue weighted by molar-refractivity contribution is -0.193. The van der Waals surface area contributed by atoms with Crippen LogP contribution in [-0.2, 0) is 29.0 Å². The lowest BCUT2D eigenvalue weighted by Crippen LogP contribution is -2.50. The number of carbonyl (C=O) groups excluding carboxylic acids is 3. The molecule has 7 rings (SSSR count). The quantitative estimate of drug-likeness (QED) is 0.201. The van der Waals surface area contributed by atoms with E-state index in [4.69, 9.17) is 27.1 Å². The second-order valence-corrected chi connectivity index (χ2v) is 13.4. The van der Waals surface area contributed by atoms with Crippen LogP contribution in [0.3, 0.4) is 0 Å². The molecule has 2 N–H and O–H groups in total. The summed E-state index contributed by atoms with van der Waals surface area (Å²) in [5.41, 5.74) is 8.12. The molecule has 1 aliphatic carbocycles. The number of alkyl halides is 4. The molecular formula is C34H32ClF4N7O5. The first-order valence-electron chi connectivity index (χ1n) is 16.4. The van der Waals surface area contributed by atoms with Crippen LogP contribution in [0.1, 0.15) is 47.4 Å². The number of primary amides is 1. The Labute approximate surface area is 293 Å². The summed E-state index contributed by atoms with van der Waals surface area (Å²) >= 11 is 5.92. The summed E-state index contributed by atoms with van der Waals surface area (Å²) in [5.74, 6) is -2.24. The Balaban J connectivity index is 1.24. The SMILES string of the molecule is NC(=O)c1c(CC2CC2)nc2c(cnn2CC2CCN(C(=O)OCC(F)F)CC2)c1-c1ccc2c(c1)OC(F)(F)C(=O)N2Cc1ccc(Cl)cn1. The number of amides is 3. The van der Waals surface area contributed by atoms with Gasteiger partial charge >= 0.3 is 18.1 Å². The van der Waals surface area contributed by atoms with E-state index >= 15 is 8.78 Å². The second-order valence-electron chi connectivity index (χ2n) is 12.9. The van der Waals surface area contributed by atoms with Crippen molar-refractivity contribution in [3.05, 3.63) is 64.7 Å². The molecule has 4 aromatic rings. The minimum absolute atomic E-state index is 0.0539. The van der Waals surface area contributed by atoms with Crippen molar-refractivity contribution >= 4 is 46.2 Å². The maximum Gasteiger partial charge on any atom is 0.482 e. The third-order valence-corrected chi connectivity index (χ3v) is 9.53. The second kappa shape index (κ2) is 13.6. The van der Waals surface area contributed by atoms with Crippen molar-refractivity contribution in [1.82, 2.24) is 24.6 Å². The average molecular weight is 730 g/mol. The standard InChI is InChI=1S/C34H32ClF4N7O5/c35-21-4-5-22(41-13-21)16-45-25-6-3-20(12-26(25)51-34(38,39)32(45)48)28-23-14-42-46(31(23)43-24(11-18-1-2-18)29(28)30(40)47)15-19-7-9-44(10-8-19)33(49)50-17-27(36)37/h3-6,12-14,18-19,27H,1-2,7-11,15-17H2,(H2,40,47). The van der Waals surface area contributed by atoms with E-state index in [1.165, 1.54) is 35.4 Å². The average Bonchev–Trinajstić information content (AvgIpc) is 3.83. The number of aromatic nitrogens is 4. The van der Waals surface area contributed by atoms with E-state index in [0.29, 0.717) is 83.4 Å². The summed E-state index contributed by atoms with van der Waals surface area (Å²) in [6, 6.07) is 7.48. The zero-order chi connectivity index (χ0) is 36.0. The molecule has 0 atom stereocenters. The molecule has 12 nitrogen and oxygen atoms in total. The van der Waals surface area contributed by atoms with Gasteiger partial charge in [-0.15, -0.1) is 0 Å². The fourth-order valence-electron chi connectivity index (χ4n) is 6.59. The van der Waals surface area contributed by atoms with Gasteiger partial charge in [-0.05, 0) is 73.8 Å². The fourth-order valence-corrected chi connectivity index (χ4v) is 6.70. The van der Waals surface area contributed by atoms with Crippen LogP contribution in [0, 0.1) is 11.8 Å². The largest absolute Gasteiger partial charge is 0.482 e. The number of piperidine rings is 1. The zero-order valence-electron chi connectivity index (χ0n) is 27.0. The molecule has 51 heavy (non-hydrogen) atoms. The van der Waals surface area contributed by atoms with Crippen molar-refractivity contribution in [3.63, 3.8) is 0 Å². The molecule has 268 valence electrons. The Kier molecular flexibility index (Phi) is 9.20. The van der Waals surface area contributed by atoms with Gasteiger partial charge in [-0.25, -0.2) is 23.2 Å². The van der Waals surface area contributed by atoms with Gasteiger partial charge in [0.1, 0.15) is 0 Å². The van der Waals surface area contributed by atoms with E-state index in [9.17, 15) is 23.2 Å². The molecule has 3 aliphatic rings. The van der Waals surface area contributed by atoms with Gasteiger partial charge in [-0.2, -0.15) is 13.9 Å². The molecule has 1 saturated heterocycles. The van der Waals surface area contributed by atoms with E-state index in [1.54, 1.807) is 16.9 Å². The number of fused-ring (bicyclic) bond motifs is 2. The molecule has 17 heteroatoms. The number of ether oxygens (including phenoxy) is 2. The Morgan fingerprint density at radius 1 is 1.08 bits per heavy atom. The Morgan fingerprint density at radius 2 is 1.84 bits per heavy atom. The summed E-state index contributed by atoms with van der Waals surface area (Å²) < 4.78 is 66.4. The highest BCUT2D eigenvalue weighted by Gasteiger charge is 2.50. The van der Waals surface area contributed by atoms with E-state index < -0.39 is 37.0 Å². The first kappa shape index (κ1) is 34.5. The van der Waals surface area contributed by atoms with Crippen LogP contribution in [0.5, 0.6) is 5.75 Å². The number of anilines is 1. The smallest absolute Gasteiger partial charge is 0.443 e.